The maximum absolute atomic E-state index is 12.3. The van der Waals surface area contributed by atoms with E-state index in [1.54, 1.807) is 0 Å². The lowest BCUT2D eigenvalue weighted by atomic mass is 10.2. The molecule has 2 aromatic rings. The highest BCUT2D eigenvalue weighted by molar-refractivity contribution is 7.89. The molecule has 2 rings (SSSR count). The number of hydrogen-bond donors (Lipinski definition) is 1. The van der Waals surface area contributed by atoms with Crippen LogP contribution in [0.15, 0.2) is 41.3 Å². The SMILES string of the molecule is Cc1ccc(CONC(=O)c2cc(S(=O)(=O)N(C)C)c(Cl)cc2Cl)cc1. The summed E-state index contributed by atoms with van der Waals surface area (Å²) in [5.41, 5.74) is 4.18. The fourth-order valence-corrected chi connectivity index (χ4v) is 3.75. The lowest BCUT2D eigenvalue weighted by molar-refractivity contribution is 0.0233. The first-order chi connectivity index (χ1) is 12.1. The molecule has 1 amide bonds. The van der Waals surface area contributed by atoms with Crippen molar-refractivity contribution in [1.82, 2.24) is 9.79 Å². The number of amides is 1. The summed E-state index contributed by atoms with van der Waals surface area (Å²) >= 11 is 12.0. The van der Waals surface area contributed by atoms with E-state index in [0.717, 1.165) is 21.5 Å². The highest BCUT2D eigenvalue weighted by atomic mass is 35.5. The van der Waals surface area contributed by atoms with Gasteiger partial charge in [-0.15, -0.1) is 0 Å². The number of carbonyl (C=O) groups is 1. The van der Waals surface area contributed by atoms with E-state index in [4.69, 9.17) is 28.0 Å². The Labute approximate surface area is 162 Å². The summed E-state index contributed by atoms with van der Waals surface area (Å²) in [4.78, 5) is 17.3. The molecular weight excluding hydrogens is 399 g/mol. The molecule has 1 N–H and O–H groups in total. The first-order valence-electron chi connectivity index (χ1n) is 7.52. The van der Waals surface area contributed by atoms with Crippen molar-refractivity contribution in [2.45, 2.75) is 18.4 Å². The van der Waals surface area contributed by atoms with E-state index in [9.17, 15) is 13.2 Å². The average Bonchev–Trinajstić information content (AvgIpc) is 2.56. The zero-order valence-corrected chi connectivity index (χ0v) is 16.7. The van der Waals surface area contributed by atoms with Gasteiger partial charge in [-0.05, 0) is 24.6 Å². The topological polar surface area (TPSA) is 75.7 Å². The second kappa shape index (κ2) is 8.37. The molecule has 0 fully saturated rings. The van der Waals surface area contributed by atoms with Gasteiger partial charge in [0.25, 0.3) is 5.91 Å². The van der Waals surface area contributed by atoms with Gasteiger partial charge in [0, 0.05) is 14.1 Å². The molecule has 0 unspecified atom stereocenters. The number of hydrogen-bond acceptors (Lipinski definition) is 4. The summed E-state index contributed by atoms with van der Waals surface area (Å²) in [5, 5.41) is -0.0510. The van der Waals surface area contributed by atoms with Crippen molar-refractivity contribution in [3.05, 3.63) is 63.1 Å². The number of halogens is 2. The van der Waals surface area contributed by atoms with Crippen LogP contribution in [-0.2, 0) is 21.5 Å². The van der Waals surface area contributed by atoms with Gasteiger partial charge in [-0.1, -0.05) is 53.0 Å². The van der Waals surface area contributed by atoms with Crippen molar-refractivity contribution in [3.8, 4) is 0 Å². The molecule has 0 bridgehead atoms. The summed E-state index contributed by atoms with van der Waals surface area (Å²) in [7, 11) is -1.09. The van der Waals surface area contributed by atoms with Crippen molar-refractivity contribution in [2.24, 2.45) is 0 Å². The standard InChI is InChI=1S/C17H18Cl2N2O4S/c1-11-4-6-12(7-5-11)10-25-20-17(22)13-8-16(15(19)9-14(13)18)26(23,24)21(2)3/h4-9H,10H2,1-3H3,(H,20,22). The molecule has 26 heavy (non-hydrogen) atoms. The smallest absolute Gasteiger partial charge is 0.269 e. The van der Waals surface area contributed by atoms with E-state index < -0.39 is 15.9 Å². The molecule has 0 aromatic heterocycles. The summed E-state index contributed by atoms with van der Waals surface area (Å²) < 4.78 is 25.6. The Kier molecular flexibility index (Phi) is 6.65. The molecule has 0 atom stereocenters. The van der Waals surface area contributed by atoms with E-state index >= 15 is 0 Å². The zero-order chi connectivity index (χ0) is 19.5. The van der Waals surface area contributed by atoms with Crippen molar-refractivity contribution >= 4 is 39.1 Å². The van der Waals surface area contributed by atoms with Crippen molar-refractivity contribution < 1.29 is 18.0 Å². The number of carbonyl (C=O) groups excluding carboxylic acids is 1. The van der Waals surface area contributed by atoms with Gasteiger partial charge in [0.05, 0.1) is 22.2 Å². The van der Waals surface area contributed by atoms with E-state index in [0.29, 0.717) is 0 Å². The Hall–Kier alpha value is -1.64. The van der Waals surface area contributed by atoms with Crippen molar-refractivity contribution in [2.75, 3.05) is 14.1 Å². The third-order valence-electron chi connectivity index (χ3n) is 3.55. The molecule has 0 aliphatic heterocycles. The predicted octanol–water partition coefficient (Wildman–Crippen LogP) is 3.41. The molecule has 0 aliphatic carbocycles. The summed E-state index contributed by atoms with van der Waals surface area (Å²) in [6.45, 7) is 2.12. The number of aryl methyl sites for hydroxylation is 1. The van der Waals surface area contributed by atoms with Crippen LogP contribution in [0.25, 0.3) is 0 Å². The second-order valence-corrected chi connectivity index (χ2v) is 8.69. The molecule has 0 saturated heterocycles. The van der Waals surface area contributed by atoms with Crippen LogP contribution in [0.3, 0.4) is 0 Å². The fraction of sp³-hybridized carbons (Fsp3) is 0.235. The average molecular weight is 417 g/mol. The van der Waals surface area contributed by atoms with Crippen LogP contribution in [0.2, 0.25) is 10.0 Å². The van der Waals surface area contributed by atoms with Gasteiger partial charge in [0.2, 0.25) is 10.0 Å². The number of hydroxylamine groups is 1. The molecule has 140 valence electrons. The zero-order valence-electron chi connectivity index (χ0n) is 14.4. The molecule has 9 heteroatoms. The lowest BCUT2D eigenvalue weighted by Crippen LogP contribution is -2.26. The molecule has 6 nitrogen and oxygen atoms in total. The largest absolute Gasteiger partial charge is 0.276 e. The Morgan fingerprint density at radius 1 is 1.12 bits per heavy atom. The highest BCUT2D eigenvalue weighted by Crippen LogP contribution is 2.30. The normalized spacial score (nSPS) is 11.6. The Balaban J connectivity index is 2.16. The minimum atomic E-state index is -3.83. The molecular formula is C17H18Cl2N2O4S. The highest BCUT2D eigenvalue weighted by Gasteiger charge is 2.24. The first-order valence-corrected chi connectivity index (χ1v) is 9.71. The second-order valence-electron chi connectivity index (χ2n) is 5.76. The molecule has 0 heterocycles. The van der Waals surface area contributed by atoms with Crippen LogP contribution in [-0.4, -0.2) is 32.7 Å². The molecule has 0 aliphatic rings. The van der Waals surface area contributed by atoms with Gasteiger partial charge in [0.1, 0.15) is 4.90 Å². The summed E-state index contributed by atoms with van der Waals surface area (Å²) in [6, 6.07) is 9.94. The molecule has 2 aromatic carbocycles. The Bertz CT molecular complexity index is 913. The van der Waals surface area contributed by atoms with E-state index in [1.165, 1.54) is 20.2 Å². The van der Waals surface area contributed by atoms with Gasteiger partial charge in [-0.2, -0.15) is 0 Å². The number of benzene rings is 2. The quantitative estimate of drug-likeness (QED) is 0.731. The lowest BCUT2D eigenvalue weighted by Gasteiger charge is -2.15. The van der Waals surface area contributed by atoms with Gasteiger partial charge in [0.15, 0.2) is 0 Å². The van der Waals surface area contributed by atoms with E-state index in [1.807, 2.05) is 31.2 Å². The number of nitrogens with one attached hydrogen (secondary N) is 1. The minimum Gasteiger partial charge on any atom is -0.269 e. The van der Waals surface area contributed by atoms with Crippen LogP contribution >= 0.6 is 23.2 Å². The van der Waals surface area contributed by atoms with E-state index in [2.05, 4.69) is 5.48 Å². The van der Waals surface area contributed by atoms with Crippen molar-refractivity contribution in [1.29, 1.82) is 0 Å². The molecule has 0 saturated carbocycles. The van der Waals surface area contributed by atoms with E-state index in [-0.39, 0.29) is 27.1 Å². The van der Waals surface area contributed by atoms with Gasteiger partial charge in [-0.3, -0.25) is 9.63 Å². The third kappa shape index (κ3) is 4.75. The van der Waals surface area contributed by atoms with Crippen LogP contribution in [0.1, 0.15) is 21.5 Å². The fourth-order valence-electron chi connectivity index (χ4n) is 2.02. The van der Waals surface area contributed by atoms with Gasteiger partial charge >= 0.3 is 0 Å². The number of rotatable bonds is 6. The predicted molar refractivity (Wildman–Crippen MR) is 101 cm³/mol. The summed E-state index contributed by atoms with van der Waals surface area (Å²) in [6.07, 6.45) is 0. The Morgan fingerprint density at radius 2 is 1.73 bits per heavy atom. The number of nitrogens with zero attached hydrogens (tertiary/aromatic N) is 1. The van der Waals surface area contributed by atoms with Crippen LogP contribution in [0.4, 0.5) is 0 Å². The first kappa shape index (κ1) is 20.7. The van der Waals surface area contributed by atoms with Crippen molar-refractivity contribution in [3.63, 3.8) is 0 Å². The van der Waals surface area contributed by atoms with Gasteiger partial charge < -0.3 is 0 Å². The van der Waals surface area contributed by atoms with Crippen LogP contribution in [0, 0.1) is 6.92 Å². The maximum atomic E-state index is 12.3. The molecule has 0 radical (unpaired) electrons. The number of sulfonamides is 1. The minimum absolute atomic E-state index is 0.0177. The van der Waals surface area contributed by atoms with Crippen LogP contribution < -0.4 is 5.48 Å². The molecule has 0 spiro atoms. The van der Waals surface area contributed by atoms with Gasteiger partial charge in [-0.25, -0.2) is 18.2 Å². The summed E-state index contributed by atoms with van der Waals surface area (Å²) in [5.74, 6) is -0.672. The Morgan fingerprint density at radius 3 is 2.31 bits per heavy atom. The monoisotopic (exact) mass is 416 g/mol. The third-order valence-corrected chi connectivity index (χ3v) is 6.14. The maximum Gasteiger partial charge on any atom is 0.276 e. The van der Waals surface area contributed by atoms with Crippen LogP contribution in [0.5, 0.6) is 0 Å².